The summed E-state index contributed by atoms with van der Waals surface area (Å²) >= 11 is 0. The third kappa shape index (κ3) is 4.58. The van der Waals surface area contributed by atoms with Crippen molar-refractivity contribution in [3.05, 3.63) is 24.8 Å². The maximum atomic E-state index is 10.4. The van der Waals surface area contributed by atoms with Crippen LogP contribution in [0.3, 0.4) is 0 Å². The van der Waals surface area contributed by atoms with Gasteiger partial charge in [0.2, 0.25) is 0 Å². The molecule has 0 bridgehead atoms. The lowest BCUT2D eigenvalue weighted by Gasteiger charge is -1.87. The van der Waals surface area contributed by atoms with Gasteiger partial charge in [-0.25, -0.2) is 4.79 Å². The Balaban J connectivity index is 3.63. The molecule has 0 aliphatic rings. The highest BCUT2D eigenvalue weighted by Gasteiger charge is 1.89. The standard InChI is InChI=1S/C6H7NO3/c1-7-3-2-6(9)10-5-4-8/h2-5,8H,1H2/b3-2-,5-4-. The van der Waals surface area contributed by atoms with Gasteiger partial charge in [-0.3, -0.25) is 4.99 Å². The van der Waals surface area contributed by atoms with Gasteiger partial charge in [0.15, 0.2) is 0 Å². The summed E-state index contributed by atoms with van der Waals surface area (Å²) in [5.41, 5.74) is 0. The first-order chi connectivity index (χ1) is 4.81. The second-order valence-electron chi connectivity index (χ2n) is 1.22. The van der Waals surface area contributed by atoms with E-state index < -0.39 is 5.97 Å². The smallest absolute Gasteiger partial charge is 0.337 e. The summed E-state index contributed by atoms with van der Waals surface area (Å²) < 4.78 is 4.25. The van der Waals surface area contributed by atoms with Gasteiger partial charge in [-0.05, 0) is 6.72 Å². The molecule has 0 heterocycles. The molecule has 0 fully saturated rings. The number of rotatable bonds is 3. The molecule has 0 aliphatic heterocycles. The zero-order valence-corrected chi connectivity index (χ0v) is 5.23. The molecule has 0 atom stereocenters. The molecule has 4 nitrogen and oxygen atoms in total. The summed E-state index contributed by atoms with van der Waals surface area (Å²) in [4.78, 5) is 13.7. The lowest BCUT2D eigenvalue weighted by molar-refractivity contribution is -0.132. The average Bonchev–Trinajstić information content (AvgIpc) is 1.97. The van der Waals surface area contributed by atoms with E-state index in [1.54, 1.807) is 0 Å². The van der Waals surface area contributed by atoms with Gasteiger partial charge in [-0.15, -0.1) is 0 Å². The van der Waals surface area contributed by atoms with Crippen molar-refractivity contribution >= 4 is 12.7 Å². The van der Waals surface area contributed by atoms with Crippen LogP contribution in [-0.4, -0.2) is 17.8 Å². The van der Waals surface area contributed by atoms with E-state index in [-0.39, 0.29) is 0 Å². The molecule has 0 rings (SSSR count). The minimum atomic E-state index is -0.613. The van der Waals surface area contributed by atoms with E-state index in [9.17, 15) is 4.79 Å². The van der Waals surface area contributed by atoms with Crippen molar-refractivity contribution in [1.29, 1.82) is 0 Å². The number of nitrogens with zero attached hydrogens (tertiary/aromatic N) is 1. The second kappa shape index (κ2) is 5.55. The molecule has 0 spiro atoms. The zero-order valence-electron chi connectivity index (χ0n) is 5.23. The Hall–Kier alpha value is -1.58. The normalized spacial score (nSPS) is 10.4. The first-order valence-electron chi connectivity index (χ1n) is 2.43. The summed E-state index contributed by atoms with van der Waals surface area (Å²) in [5.74, 6) is -0.613. The van der Waals surface area contributed by atoms with E-state index in [1.165, 1.54) is 6.20 Å². The van der Waals surface area contributed by atoms with E-state index in [2.05, 4.69) is 16.4 Å². The topological polar surface area (TPSA) is 58.9 Å². The van der Waals surface area contributed by atoms with Gasteiger partial charge < -0.3 is 9.84 Å². The van der Waals surface area contributed by atoms with Crippen LogP contribution in [0.5, 0.6) is 0 Å². The van der Waals surface area contributed by atoms with Crippen LogP contribution in [0.15, 0.2) is 29.8 Å². The Morgan fingerprint density at radius 2 is 2.40 bits per heavy atom. The number of hydrogen-bond donors (Lipinski definition) is 1. The molecule has 0 saturated carbocycles. The minimum absolute atomic E-state index is 0.613. The average molecular weight is 141 g/mol. The molecule has 0 amide bonds. The lowest BCUT2D eigenvalue weighted by Crippen LogP contribution is -1.92. The SMILES string of the molecule is C=N/C=C\C(=O)O/C=C\O. The van der Waals surface area contributed by atoms with Gasteiger partial charge in [-0.2, -0.15) is 0 Å². The van der Waals surface area contributed by atoms with Crippen LogP contribution in [0.2, 0.25) is 0 Å². The van der Waals surface area contributed by atoms with Crippen LogP contribution in [-0.2, 0) is 9.53 Å². The Kier molecular flexibility index (Phi) is 4.68. The highest BCUT2D eigenvalue weighted by atomic mass is 16.5. The maximum absolute atomic E-state index is 10.4. The Morgan fingerprint density at radius 1 is 1.70 bits per heavy atom. The molecule has 0 aromatic rings. The third-order valence-corrected chi connectivity index (χ3v) is 0.561. The van der Waals surface area contributed by atoms with Gasteiger partial charge in [0.25, 0.3) is 0 Å². The fourth-order valence-corrected chi connectivity index (χ4v) is 0.250. The highest BCUT2D eigenvalue weighted by molar-refractivity contribution is 5.82. The number of aliphatic hydroxyl groups is 1. The van der Waals surface area contributed by atoms with Gasteiger partial charge >= 0.3 is 5.97 Å². The monoisotopic (exact) mass is 141 g/mol. The molecule has 0 saturated heterocycles. The Labute approximate surface area is 58.1 Å². The van der Waals surface area contributed by atoms with Gasteiger partial charge in [0, 0.05) is 12.3 Å². The molecule has 0 aliphatic carbocycles. The maximum Gasteiger partial charge on any atom is 0.337 e. The van der Waals surface area contributed by atoms with Crippen molar-refractivity contribution in [3.63, 3.8) is 0 Å². The van der Waals surface area contributed by atoms with Gasteiger partial charge in [0.1, 0.15) is 12.5 Å². The van der Waals surface area contributed by atoms with Crippen molar-refractivity contribution in [1.82, 2.24) is 0 Å². The van der Waals surface area contributed by atoms with Crippen molar-refractivity contribution in [2.24, 2.45) is 4.99 Å². The van der Waals surface area contributed by atoms with Crippen LogP contribution in [0.4, 0.5) is 0 Å². The number of carbonyl (C=O) groups is 1. The number of hydrogen-bond acceptors (Lipinski definition) is 4. The van der Waals surface area contributed by atoms with Gasteiger partial charge in [-0.1, -0.05) is 0 Å². The Bertz CT molecular complexity index is 172. The highest BCUT2D eigenvalue weighted by Crippen LogP contribution is 1.81. The molecule has 54 valence electrons. The predicted octanol–water partition coefficient (Wildman–Crippen LogP) is 0.773. The number of aliphatic imine (C=N–C) groups is 1. The molecule has 4 heteroatoms. The summed E-state index contributed by atoms with van der Waals surface area (Å²) in [7, 11) is 0. The molecule has 0 unspecified atom stereocenters. The Morgan fingerprint density at radius 3 is 2.90 bits per heavy atom. The molecule has 0 radical (unpaired) electrons. The van der Waals surface area contributed by atoms with Crippen LogP contribution in [0.25, 0.3) is 0 Å². The number of carbonyl (C=O) groups excluding carboxylic acids is 1. The molecule has 0 aromatic heterocycles. The van der Waals surface area contributed by atoms with E-state index in [0.29, 0.717) is 6.26 Å². The molecule has 10 heavy (non-hydrogen) atoms. The van der Waals surface area contributed by atoms with Crippen LogP contribution in [0, 0.1) is 0 Å². The van der Waals surface area contributed by atoms with E-state index in [1.807, 2.05) is 0 Å². The second-order valence-corrected chi connectivity index (χ2v) is 1.22. The summed E-state index contributed by atoms with van der Waals surface area (Å²) in [6.45, 7) is 3.10. The minimum Gasteiger partial charge on any atom is -0.512 e. The van der Waals surface area contributed by atoms with Crippen LogP contribution in [0.1, 0.15) is 0 Å². The molecule has 1 N–H and O–H groups in total. The van der Waals surface area contributed by atoms with E-state index in [4.69, 9.17) is 5.11 Å². The first-order valence-corrected chi connectivity index (χ1v) is 2.43. The van der Waals surface area contributed by atoms with E-state index in [0.717, 1.165) is 12.3 Å². The van der Waals surface area contributed by atoms with Crippen molar-refractivity contribution in [2.75, 3.05) is 0 Å². The van der Waals surface area contributed by atoms with E-state index >= 15 is 0 Å². The molecule has 0 aromatic carbocycles. The van der Waals surface area contributed by atoms with Crippen molar-refractivity contribution in [3.8, 4) is 0 Å². The largest absolute Gasteiger partial charge is 0.512 e. The van der Waals surface area contributed by atoms with Gasteiger partial charge in [0.05, 0.1) is 0 Å². The van der Waals surface area contributed by atoms with Crippen LogP contribution >= 0.6 is 0 Å². The number of ether oxygens (including phenoxy) is 1. The summed E-state index contributed by atoms with van der Waals surface area (Å²) in [5, 5.41) is 8.02. The number of esters is 1. The number of aliphatic hydroxyl groups excluding tert-OH is 1. The van der Waals surface area contributed by atoms with Crippen molar-refractivity contribution < 1.29 is 14.6 Å². The zero-order chi connectivity index (χ0) is 7.82. The fourth-order valence-electron chi connectivity index (χ4n) is 0.250. The molecular weight excluding hydrogens is 134 g/mol. The van der Waals surface area contributed by atoms with Crippen LogP contribution < -0.4 is 0 Å². The summed E-state index contributed by atoms with van der Waals surface area (Å²) in [6.07, 6.45) is 3.74. The quantitative estimate of drug-likeness (QED) is 0.273. The summed E-state index contributed by atoms with van der Waals surface area (Å²) in [6, 6.07) is 0. The molecular formula is C6H7NO3. The third-order valence-electron chi connectivity index (χ3n) is 0.561. The fraction of sp³-hybridized carbons (Fsp3) is 0. The first kappa shape index (κ1) is 8.42. The lowest BCUT2D eigenvalue weighted by atomic mass is 10.6. The van der Waals surface area contributed by atoms with Crippen molar-refractivity contribution in [2.45, 2.75) is 0 Å². The predicted molar refractivity (Wildman–Crippen MR) is 36.5 cm³/mol.